The number of nitrogens with one attached hydrogen (secondary N) is 1. The number of likely N-dealkylation sites (tertiary alicyclic amines) is 1. The van der Waals surface area contributed by atoms with Gasteiger partial charge in [-0.25, -0.2) is 0 Å². The molecule has 1 aliphatic heterocycles. The number of unbranched alkanes of at least 4 members (excludes halogenated alkanes) is 5. The molecule has 1 fully saturated rings. The number of ether oxygens (including phenoxy) is 2. The van der Waals surface area contributed by atoms with Crippen LogP contribution in [0.15, 0.2) is 48.5 Å². The molecular formula is C34H42F6N2O5. The van der Waals surface area contributed by atoms with Crippen molar-refractivity contribution in [2.45, 2.75) is 83.1 Å². The maximum atomic E-state index is 13.5. The summed E-state index contributed by atoms with van der Waals surface area (Å²) < 4.78 is 91.4. The molecule has 0 spiro atoms. The van der Waals surface area contributed by atoms with Crippen molar-refractivity contribution in [3.8, 4) is 0 Å². The van der Waals surface area contributed by atoms with Crippen molar-refractivity contribution in [1.82, 2.24) is 10.2 Å². The van der Waals surface area contributed by atoms with Crippen LogP contribution in [-0.2, 0) is 37.8 Å². The zero-order chi connectivity index (χ0) is 34.5. The fourth-order valence-corrected chi connectivity index (χ4v) is 5.52. The lowest BCUT2D eigenvalue weighted by Gasteiger charge is -2.40. The maximum absolute atomic E-state index is 13.5. The molecule has 0 unspecified atom stereocenters. The molecule has 1 amide bonds. The summed E-state index contributed by atoms with van der Waals surface area (Å²) in [5, 5.41) is 2.69. The van der Waals surface area contributed by atoms with Crippen LogP contribution in [0, 0.1) is 5.92 Å². The predicted octanol–water partition coefficient (Wildman–Crippen LogP) is 7.22. The Morgan fingerprint density at radius 2 is 1.43 bits per heavy atom. The van der Waals surface area contributed by atoms with Gasteiger partial charge < -0.3 is 14.4 Å². The third kappa shape index (κ3) is 12.8. The van der Waals surface area contributed by atoms with Crippen molar-refractivity contribution in [1.29, 1.82) is 0 Å². The van der Waals surface area contributed by atoms with Gasteiger partial charge in [-0.2, -0.15) is 26.3 Å². The number of nitrogens with zero attached hydrogens (tertiary/aromatic N) is 1. The minimum absolute atomic E-state index is 0.00189. The Hall–Kier alpha value is -3.61. The van der Waals surface area contributed by atoms with Gasteiger partial charge in [0.2, 0.25) is 0 Å². The van der Waals surface area contributed by atoms with Crippen molar-refractivity contribution >= 4 is 17.8 Å². The zero-order valence-electron chi connectivity index (χ0n) is 26.4. The average molecular weight is 673 g/mol. The van der Waals surface area contributed by atoms with Gasteiger partial charge in [0.1, 0.15) is 0 Å². The summed E-state index contributed by atoms with van der Waals surface area (Å²) in [6.07, 6.45) is -2.90. The number of halogens is 6. The minimum atomic E-state index is -5.08. The first-order valence-corrected chi connectivity index (χ1v) is 15.9. The van der Waals surface area contributed by atoms with E-state index in [0.29, 0.717) is 38.0 Å². The van der Waals surface area contributed by atoms with Gasteiger partial charge in [-0.1, -0.05) is 69.4 Å². The standard InChI is InChI=1S/C34H42F6N2O5/c1-2-3-4-5-6-10-15-46-30(43)21-41-22-31(44)47-23-25-13-14-42(29(17-25)16-24-11-8-7-9-12-24)32(45)26-18-27(33(35,36)37)20-28(19-26)34(38,39)40/h7-9,11-12,18-20,25,29,41H,2-6,10,13-17,21-23H2,1H3/t25-,29-/m0/s1. The van der Waals surface area contributed by atoms with Gasteiger partial charge in [0.25, 0.3) is 5.91 Å². The van der Waals surface area contributed by atoms with E-state index < -0.39 is 52.9 Å². The molecular weight excluding hydrogens is 630 g/mol. The second-order valence-electron chi connectivity index (χ2n) is 11.8. The molecule has 13 heteroatoms. The van der Waals surface area contributed by atoms with E-state index in [1.54, 1.807) is 18.2 Å². The van der Waals surface area contributed by atoms with E-state index >= 15 is 0 Å². The van der Waals surface area contributed by atoms with Crippen molar-refractivity contribution < 1.29 is 50.2 Å². The number of benzene rings is 2. The lowest BCUT2D eigenvalue weighted by atomic mass is 9.87. The highest BCUT2D eigenvalue weighted by molar-refractivity contribution is 5.95. The number of carbonyl (C=O) groups excluding carboxylic acids is 3. The number of esters is 2. The number of hydrogen-bond donors (Lipinski definition) is 1. The highest BCUT2D eigenvalue weighted by atomic mass is 19.4. The molecule has 3 rings (SSSR count). The molecule has 0 saturated carbocycles. The lowest BCUT2D eigenvalue weighted by molar-refractivity contribution is -0.146. The highest BCUT2D eigenvalue weighted by Gasteiger charge is 2.39. The summed E-state index contributed by atoms with van der Waals surface area (Å²) >= 11 is 0. The van der Waals surface area contributed by atoms with Gasteiger partial charge in [-0.05, 0) is 55.4 Å². The Labute approximate surface area is 271 Å². The normalized spacial score (nSPS) is 17.0. The molecule has 0 radical (unpaired) electrons. The maximum Gasteiger partial charge on any atom is 0.416 e. The van der Waals surface area contributed by atoms with E-state index in [1.165, 1.54) is 11.3 Å². The molecule has 47 heavy (non-hydrogen) atoms. The first-order chi connectivity index (χ1) is 22.3. The fraction of sp³-hybridized carbons (Fsp3) is 0.559. The van der Waals surface area contributed by atoms with Crippen LogP contribution in [0.5, 0.6) is 0 Å². The zero-order valence-corrected chi connectivity index (χ0v) is 26.4. The third-order valence-corrected chi connectivity index (χ3v) is 8.01. The molecule has 0 bridgehead atoms. The number of rotatable bonds is 16. The van der Waals surface area contributed by atoms with Crippen LogP contribution in [0.25, 0.3) is 0 Å². The van der Waals surface area contributed by atoms with E-state index in [2.05, 4.69) is 12.2 Å². The number of carbonyl (C=O) groups is 3. The van der Waals surface area contributed by atoms with Crippen molar-refractivity contribution in [3.63, 3.8) is 0 Å². The Balaban J connectivity index is 1.57. The number of hydrogen-bond acceptors (Lipinski definition) is 6. The van der Waals surface area contributed by atoms with Crippen LogP contribution in [0.4, 0.5) is 26.3 Å². The molecule has 1 heterocycles. The third-order valence-electron chi connectivity index (χ3n) is 8.01. The Bertz CT molecular complexity index is 1270. The SMILES string of the molecule is CCCCCCCCOC(=O)CNCC(=O)OC[C@H]1CCN(C(=O)c2cc(C(F)(F)F)cc(C(F)(F)F)c2)[C@@H](Cc2ccccc2)C1. The van der Waals surface area contributed by atoms with Crippen molar-refractivity contribution in [3.05, 3.63) is 70.8 Å². The highest BCUT2D eigenvalue weighted by Crippen LogP contribution is 2.37. The monoisotopic (exact) mass is 672 g/mol. The molecule has 2 aromatic rings. The molecule has 7 nitrogen and oxygen atoms in total. The van der Waals surface area contributed by atoms with Gasteiger partial charge in [-0.3, -0.25) is 19.7 Å². The van der Waals surface area contributed by atoms with Crippen molar-refractivity contribution in [2.24, 2.45) is 5.92 Å². The van der Waals surface area contributed by atoms with Crippen LogP contribution in [0.3, 0.4) is 0 Å². The van der Waals surface area contributed by atoms with E-state index in [-0.39, 0.29) is 38.2 Å². The molecule has 1 saturated heterocycles. The molecule has 0 aromatic heterocycles. The molecule has 2 atom stereocenters. The van der Waals surface area contributed by atoms with Gasteiger partial charge in [0.05, 0.1) is 37.4 Å². The molecule has 1 aliphatic rings. The van der Waals surface area contributed by atoms with Gasteiger partial charge in [0.15, 0.2) is 0 Å². The first kappa shape index (κ1) is 37.8. The van der Waals surface area contributed by atoms with E-state index in [0.717, 1.165) is 37.7 Å². The fourth-order valence-electron chi connectivity index (χ4n) is 5.52. The second kappa shape index (κ2) is 18.1. The van der Waals surface area contributed by atoms with Crippen LogP contribution >= 0.6 is 0 Å². The van der Waals surface area contributed by atoms with Crippen LogP contribution < -0.4 is 5.32 Å². The minimum Gasteiger partial charge on any atom is -0.465 e. The first-order valence-electron chi connectivity index (χ1n) is 15.9. The number of alkyl halides is 6. The van der Waals surface area contributed by atoms with E-state index in [4.69, 9.17) is 9.47 Å². The summed E-state index contributed by atoms with van der Waals surface area (Å²) in [5.41, 5.74) is -3.00. The summed E-state index contributed by atoms with van der Waals surface area (Å²) in [7, 11) is 0. The Kier molecular flexibility index (Phi) is 14.6. The average Bonchev–Trinajstić information content (AvgIpc) is 3.02. The quantitative estimate of drug-likeness (QED) is 0.115. The largest absolute Gasteiger partial charge is 0.465 e. The van der Waals surface area contributed by atoms with Gasteiger partial charge in [0, 0.05) is 18.2 Å². The lowest BCUT2D eigenvalue weighted by Crippen LogP contribution is -2.48. The van der Waals surface area contributed by atoms with Crippen LogP contribution in [0.1, 0.15) is 85.3 Å². The number of piperidine rings is 1. The van der Waals surface area contributed by atoms with E-state index in [1.807, 2.05) is 12.1 Å². The summed E-state index contributed by atoms with van der Waals surface area (Å²) in [5.74, 6) is -2.23. The van der Waals surface area contributed by atoms with Crippen LogP contribution in [0.2, 0.25) is 0 Å². The van der Waals surface area contributed by atoms with Crippen molar-refractivity contribution in [2.75, 3.05) is 32.8 Å². The van der Waals surface area contributed by atoms with Gasteiger partial charge >= 0.3 is 24.3 Å². The molecule has 0 aliphatic carbocycles. The van der Waals surface area contributed by atoms with Gasteiger partial charge in [-0.15, -0.1) is 0 Å². The van der Waals surface area contributed by atoms with E-state index in [9.17, 15) is 40.7 Å². The molecule has 2 aromatic carbocycles. The summed E-state index contributed by atoms with van der Waals surface area (Å²) in [6, 6.07) is 9.28. The topological polar surface area (TPSA) is 84.9 Å². The Morgan fingerprint density at radius 3 is 2.04 bits per heavy atom. The molecule has 260 valence electrons. The Morgan fingerprint density at radius 1 is 0.830 bits per heavy atom. The predicted molar refractivity (Wildman–Crippen MR) is 162 cm³/mol. The summed E-state index contributed by atoms with van der Waals surface area (Å²) in [6.45, 7) is 2.11. The summed E-state index contributed by atoms with van der Waals surface area (Å²) in [4.78, 5) is 39.0. The molecule has 1 N–H and O–H groups in total. The number of amides is 1. The second-order valence-corrected chi connectivity index (χ2v) is 11.8. The van der Waals surface area contributed by atoms with Crippen LogP contribution in [-0.4, -0.2) is 61.6 Å². The smallest absolute Gasteiger partial charge is 0.416 e.